The van der Waals surface area contributed by atoms with E-state index < -0.39 is 5.60 Å². The molecule has 1 aliphatic rings. The highest BCUT2D eigenvalue weighted by Gasteiger charge is 2.41. The van der Waals surface area contributed by atoms with E-state index in [4.69, 9.17) is 10.1 Å². The van der Waals surface area contributed by atoms with Crippen LogP contribution in [0.1, 0.15) is 46.5 Å². The van der Waals surface area contributed by atoms with Crippen molar-refractivity contribution in [2.45, 2.75) is 52.1 Å². The Morgan fingerprint density at radius 2 is 2.00 bits per heavy atom. The van der Waals surface area contributed by atoms with E-state index in [0.29, 0.717) is 0 Å². The van der Waals surface area contributed by atoms with Gasteiger partial charge in [-0.25, -0.2) is 4.89 Å². The van der Waals surface area contributed by atoms with Crippen molar-refractivity contribution < 1.29 is 10.1 Å². The Kier molecular flexibility index (Phi) is 3.14. The van der Waals surface area contributed by atoms with E-state index in [0.717, 1.165) is 19.3 Å². The third-order valence-corrected chi connectivity index (χ3v) is 2.99. The molecule has 0 saturated heterocycles. The van der Waals surface area contributed by atoms with Gasteiger partial charge in [0.1, 0.15) is 5.60 Å². The van der Waals surface area contributed by atoms with Gasteiger partial charge in [0.05, 0.1) is 0 Å². The van der Waals surface area contributed by atoms with Crippen LogP contribution in [0.4, 0.5) is 0 Å². The van der Waals surface area contributed by atoms with Gasteiger partial charge < -0.3 is 0 Å². The summed E-state index contributed by atoms with van der Waals surface area (Å²) in [4.78, 5) is 4.74. The normalized spacial score (nSPS) is 30.2. The van der Waals surface area contributed by atoms with Gasteiger partial charge >= 0.3 is 0 Å². The summed E-state index contributed by atoms with van der Waals surface area (Å²) in [5, 5.41) is 9.05. The fourth-order valence-corrected chi connectivity index (χ4v) is 1.84. The summed E-state index contributed by atoms with van der Waals surface area (Å²) in [6, 6.07) is 0. The van der Waals surface area contributed by atoms with E-state index in [-0.39, 0.29) is 5.41 Å². The first kappa shape index (κ1) is 10.7. The second-order valence-corrected chi connectivity index (χ2v) is 4.88. The number of rotatable bonds is 1. The fraction of sp³-hybridized carbons (Fsp3) is 0.818. The predicted molar refractivity (Wildman–Crippen MR) is 53.5 cm³/mol. The highest BCUT2D eigenvalue weighted by molar-refractivity contribution is 5.09. The largest absolute Gasteiger partial charge is 0.251 e. The molecular weight excluding hydrogens is 164 g/mol. The summed E-state index contributed by atoms with van der Waals surface area (Å²) in [7, 11) is 0. The smallest absolute Gasteiger partial charge is 0.126 e. The first-order valence-corrected chi connectivity index (χ1v) is 5.02. The molecule has 0 bridgehead atoms. The van der Waals surface area contributed by atoms with Crippen LogP contribution in [0.3, 0.4) is 0 Å². The van der Waals surface area contributed by atoms with Gasteiger partial charge in [0.15, 0.2) is 0 Å². The second kappa shape index (κ2) is 3.81. The van der Waals surface area contributed by atoms with Crippen molar-refractivity contribution in [1.29, 1.82) is 0 Å². The van der Waals surface area contributed by atoms with E-state index >= 15 is 0 Å². The minimum atomic E-state index is -0.483. The molecule has 0 spiro atoms. The number of allylic oxidation sites excluding steroid dienone is 1. The van der Waals surface area contributed by atoms with Crippen LogP contribution in [-0.2, 0) is 4.89 Å². The van der Waals surface area contributed by atoms with E-state index in [9.17, 15) is 0 Å². The average molecular weight is 184 g/mol. The minimum absolute atomic E-state index is 0.0530. The quantitative estimate of drug-likeness (QED) is 0.384. The third-order valence-electron chi connectivity index (χ3n) is 2.99. The van der Waals surface area contributed by atoms with Crippen LogP contribution < -0.4 is 0 Å². The molecule has 1 rings (SSSR count). The highest BCUT2D eigenvalue weighted by Crippen LogP contribution is 2.40. The van der Waals surface area contributed by atoms with Crippen LogP contribution in [0, 0.1) is 5.41 Å². The molecular formula is C11H20O2. The molecule has 2 nitrogen and oxygen atoms in total. The summed E-state index contributed by atoms with van der Waals surface area (Å²) in [5.41, 5.74) is -0.536. The summed E-state index contributed by atoms with van der Waals surface area (Å²) < 4.78 is 0. The Bertz CT molecular complexity index is 191. The van der Waals surface area contributed by atoms with Gasteiger partial charge in [0, 0.05) is 0 Å². The molecule has 2 heteroatoms. The lowest BCUT2D eigenvalue weighted by molar-refractivity contribution is -0.333. The molecule has 13 heavy (non-hydrogen) atoms. The van der Waals surface area contributed by atoms with Crippen molar-refractivity contribution in [3.05, 3.63) is 12.2 Å². The van der Waals surface area contributed by atoms with Crippen molar-refractivity contribution in [2.24, 2.45) is 5.41 Å². The maximum atomic E-state index is 9.05. The van der Waals surface area contributed by atoms with E-state index in [1.54, 1.807) is 0 Å². The Balaban J connectivity index is 2.89. The van der Waals surface area contributed by atoms with Crippen LogP contribution in [0.5, 0.6) is 0 Å². The maximum absolute atomic E-state index is 9.05. The minimum Gasteiger partial charge on any atom is -0.251 e. The van der Waals surface area contributed by atoms with Crippen LogP contribution in [0.2, 0.25) is 0 Å². The molecule has 0 aromatic carbocycles. The highest BCUT2D eigenvalue weighted by atomic mass is 17.1. The van der Waals surface area contributed by atoms with Gasteiger partial charge in [-0.05, 0) is 31.1 Å². The Morgan fingerprint density at radius 3 is 2.54 bits per heavy atom. The van der Waals surface area contributed by atoms with Gasteiger partial charge in [-0.1, -0.05) is 32.9 Å². The van der Waals surface area contributed by atoms with Gasteiger partial charge in [-0.2, -0.15) is 0 Å². The van der Waals surface area contributed by atoms with Gasteiger partial charge in [0.2, 0.25) is 0 Å². The summed E-state index contributed by atoms with van der Waals surface area (Å²) in [5.74, 6) is 0. The lowest BCUT2D eigenvalue weighted by Crippen LogP contribution is -2.42. The molecule has 0 aromatic heterocycles. The Morgan fingerprint density at radius 1 is 1.31 bits per heavy atom. The van der Waals surface area contributed by atoms with Gasteiger partial charge in [-0.15, -0.1) is 0 Å². The van der Waals surface area contributed by atoms with E-state index in [2.05, 4.69) is 26.8 Å². The van der Waals surface area contributed by atoms with Crippen LogP contribution in [-0.4, -0.2) is 10.9 Å². The molecule has 0 heterocycles. The van der Waals surface area contributed by atoms with Crippen LogP contribution in [0.15, 0.2) is 12.2 Å². The zero-order chi connectivity index (χ0) is 9.95. The molecule has 0 saturated carbocycles. The van der Waals surface area contributed by atoms with Crippen molar-refractivity contribution in [3.63, 3.8) is 0 Å². The molecule has 0 aromatic rings. The van der Waals surface area contributed by atoms with E-state index in [1.807, 2.05) is 6.08 Å². The van der Waals surface area contributed by atoms with Crippen molar-refractivity contribution in [1.82, 2.24) is 0 Å². The molecule has 0 fully saturated rings. The van der Waals surface area contributed by atoms with E-state index in [1.165, 1.54) is 6.42 Å². The summed E-state index contributed by atoms with van der Waals surface area (Å²) in [6.07, 6.45) is 8.46. The maximum Gasteiger partial charge on any atom is 0.126 e. The van der Waals surface area contributed by atoms with Gasteiger partial charge in [-0.3, -0.25) is 5.26 Å². The van der Waals surface area contributed by atoms with Crippen molar-refractivity contribution in [3.8, 4) is 0 Å². The van der Waals surface area contributed by atoms with Gasteiger partial charge in [0.25, 0.3) is 0 Å². The molecule has 1 aliphatic carbocycles. The topological polar surface area (TPSA) is 29.5 Å². The number of hydrogen-bond acceptors (Lipinski definition) is 2. The van der Waals surface area contributed by atoms with Crippen molar-refractivity contribution >= 4 is 0 Å². The third kappa shape index (κ3) is 2.12. The zero-order valence-electron chi connectivity index (χ0n) is 8.84. The number of hydrogen-bond donors (Lipinski definition) is 1. The predicted octanol–water partition coefficient (Wildman–Crippen LogP) is 3.39. The Labute approximate surface area is 80.5 Å². The van der Waals surface area contributed by atoms with Crippen molar-refractivity contribution in [2.75, 3.05) is 0 Å². The van der Waals surface area contributed by atoms with Crippen LogP contribution in [0.25, 0.3) is 0 Å². The monoisotopic (exact) mass is 184 g/mol. The molecule has 0 radical (unpaired) electrons. The molecule has 1 unspecified atom stereocenters. The SMILES string of the molecule is CC(C)(C)C1(OO)C=CCCCC1. The second-order valence-electron chi connectivity index (χ2n) is 4.88. The fourth-order valence-electron chi connectivity index (χ4n) is 1.84. The van der Waals surface area contributed by atoms with Crippen LogP contribution >= 0.6 is 0 Å². The zero-order valence-corrected chi connectivity index (χ0v) is 8.84. The molecule has 1 N–H and O–H groups in total. The first-order chi connectivity index (χ1) is 6.02. The lowest BCUT2D eigenvalue weighted by atomic mass is 9.74. The first-order valence-electron chi connectivity index (χ1n) is 5.02. The molecule has 0 aliphatic heterocycles. The standard InChI is InChI=1S/C11H20O2/c1-10(2,3)11(13-12)8-6-4-5-7-9-11/h6,8,12H,4-5,7,9H2,1-3H3. The summed E-state index contributed by atoms with van der Waals surface area (Å²) >= 11 is 0. The molecule has 1 atom stereocenters. The molecule has 76 valence electrons. The average Bonchev–Trinajstić information content (AvgIpc) is 2.27. The Hall–Kier alpha value is -0.340. The summed E-state index contributed by atoms with van der Waals surface area (Å²) in [6.45, 7) is 6.29. The molecule has 0 amide bonds. The lowest BCUT2D eigenvalue weighted by Gasteiger charge is -2.39.